The summed E-state index contributed by atoms with van der Waals surface area (Å²) in [5, 5.41) is 6.82. The molecule has 2 aliphatic rings. The molecule has 1 saturated carbocycles. The average molecular weight is 237 g/mol. The van der Waals surface area contributed by atoms with E-state index >= 15 is 0 Å². The fraction of sp³-hybridized carbons (Fsp3) is 0.417. The van der Waals surface area contributed by atoms with Crippen molar-refractivity contribution in [1.29, 1.82) is 0 Å². The normalized spacial score (nSPS) is 18.2. The van der Waals surface area contributed by atoms with Crippen molar-refractivity contribution in [2.24, 2.45) is 5.92 Å². The van der Waals surface area contributed by atoms with Gasteiger partial charge in [-0.15, -0.1) is 0 Å². The predicted octanol–water partition coefficient (Wildman–Crippen LogP) is 2.66. The molecule has 0 atom stereocenters. The number of halogens is 1. The number of amides is 1. The van der Waals surface area contributed by atoms with E-state index in [9.17, 15) is 4.79 Å². The molecule has 0 saturated heterocycles. The van der Waals surface area contributed by atoms with E-state index in [2.05, 4.69) is 10.6 Å². The molecule has 1 aromatic rings. The zero-order valence-electron chi connectivity index (χ0n) is 8.85. The van der Waals surface area contributed by atoms with Crippen LogP contribution in [0.2, 0.25) is 5.02 Å². The van der Waals surface area contributed by atoms with Crippen molar-refractivity contribution in [3.05, 3.63) is 22.7 Å². The summed E-state index contributed by atoms with van der Waals surface area (Å²) in [7, 11) is 0. The summed E-state index contributed by atoms with van der Waals surface area (Å²) in [5.41, 5.74) is 2.84. The van der Waals surface area contributed by atoms with Gasteiger partial charge in [0, 0.05) is 12.2 Å². The second-order valence-electron chi connectivity index (χ2n) is 4.54. The van der Waals surface area contributed by atoms with Crippen LogP contribution in [0.4, 0.5) is 11.4 Å². The van der Waals surface area contributed by atoms with Crippen LogP contribution in [0.3, 0.4) is 0 Å². The van der Waals surface area contributed by atoms with Crippen molar-refractivity contribution >= 4 is 28.9 Å². The minimum atomic E-state index is 0.0467. The number of carbonyl (C=O) groups is 1. The molecule has 16 heavy (non-hydrogen) atoms. The first-order chi connectivity index (χ1) is 7.72. The van der Waals surface area contributed by atoms with E-state index in [0.29, 0.717) is 11.4 Å². The van der Waals surface area contributed by atoms with Gasteiger partial charge >= 0.3 is 0 Å². The van der Waals surface area contributed by atoms with Gasteiger partial charge in [0.15, 0.2) is 0 Å². The summed E-state index contributed by atoms with van der Waals surface area (Å²) in [6, 6.07) is 3.81. The molecule has 0 bridgehead atoms. The summed E-state index contributed by atoms with van der Waals surface area (Å²) in [4.78, 5) is 11.2. The first kappa shape index (κ1) is 9.97. The van der Waals surface area contributed by atoms with Gasteiger partial charge in [0.25, 0.3) is 0 Å². The molecule has 3 nitrogen and oxygen atoms in total. The Labute approximate surface area is 99.2 Å². The van der Waals surface area contributed by atoms with Crippen molar-refractivity contribution in [3.63, 3.8) is 0 Å². The molecule has 0 unspecified atom stereocenters. The molecule has 1 aromatic carbocycles. The first-order valence-electron chi connectivity index (χ1n) is 5.58. The number of nitrogens with one attached hydrogen (secondary N) is 2. The summed E-state index contributed by atoms with van der Waals surface area (Å²) in [6.45, 7) is 0.986. The number of hydrogen-bond acceptors (Lipinski definition) is 2. The Morgan fingerprint density at radius 2 is 2.25 bits per heavy atom. The molecule has 1 heterocycles. The van der Waals surface area contributed by atoms with Crippen LogP contribution in [0.15, 0.2) is 12.1 Å². The maximum atomic E-state index is 11.2. The first-order valence-corrected chi connectivity index (χ1v) is 5.96. The van der Waals surface area contributed by atoms with Gasteiger partial charge in [0.05, 0.1) is 17.1 Å². The standard InChI is InChI=1S/C12H13ClN2O/c13-9-5-10-8(4-12(16)15-10)3-11(9)14-6-7-1-2-7/h3,5,7,14H,1-2,4,6H2,(H,15,16). The van der Waals surface area contributed by atoms with Crippen LogP contribution < -0.4 is 10.6 Å². The third-order valence-corrected chi connectivity index (χ3v) is 3.41. The topological polar surface area (TPSA) is 41.1 Å². The third-order valence-electron chi connectivity index (χ3n) is 3.10. The molecule has 1 amide bonds. The quantitative estimate of drug-likeness (QED) is 0.847. The highest BCUT2D eigenvalue weighted by Gasteiger charge is 2.22. The highest BCUT2D eigenvalue weighted by molar-refractivity contribution is 6.33. The van der Waals surface area contributed by atoms with Crippen molar-refractivity contribution in [2.75, 3.05) is 17.2 Å². The smallest absolute Gasteiger partial charge is 0.228 e. The SMILES string of the molecule is O=C1Cc2cc(NCC3CC3)c(Cl)cc2N1. The van der Waals surface area contributed by atoms with E-state index in [0.717, 1.165) is 29.4 Å². The molecule has 2 N–H and O–H groups in total. The number of anilines is 2. The number of hydrogen-bond donors (Lipinski definition) is 2. The Bertz CT molecular complexity index is 455. The molecule has 1 fully saturated rings. The number of fused-ring (bicyclic) bond motifs is 1. The van der Waals surface area contributed by atoms with Crippen LogP contribution in [-0.2, 0) is 11.2 Å². The van der Waals surface area contributed by atoms with Gasteiger partial charge in [0.1, 0.15) is 0 Å². The van der Waals surface area contributed by atoms with Crippen LogP contribution in [0.5, 0.6) is 0 Å². The molecule has 3 rings (SSSR count). The zero-order valence-corrected chi connectivity index (χ0v) is 9.60. The zero-order chi connectivity index (χ0) is 11.1. The molecule has 84 valence electrons. The van der Waals surface area contributed by atoms with Crippen LogP contribution in [0.1, 0.15) is 18.4 Å². The summed E-state index contributed by atoms with van der Waals surface area (Å²) in [5.74, 6) is 0.856. The molecule has 0 spiro atoms. The minimum absolute atomic E-state index is 0.0467. The molecule has 1 aliphatic carbocycles. The van der Waals surface area contributed by atoms with Crippen molar-refractivity contribution in [3.8, 4) is 0 Å². The molecule has 0 aromatic heterocycles. The summed E-state index contributed by atoms with van der Waals surface area (Å²) >= 11 is 6.15. The predicted molar refractivity (Wildman–Crippen MR) is 65.0 cm³/mol. The maximum Gasteiger partial charge on any atom is 0.228 e. The van der Waals surface area contributed by atoms with Crippen molar-refractivity contribution in [1.82, 2.24) is 0 Å². The van der Waals surface area contributed by atoms with Crippen LogP contribution in [0, 0.1) is 5.92 Å². The monoisotopic (exact) mass is 236 g/mol. The van der Waals surface area contributed by atoms with Gasteiger partial charge in [-0.2, -0.15) is 0 Å². The van der Waals surface area contributed by atoms with Crippen LogP contribution in [0.25, 0.3) is 0 Å². The van der Waals surface area contributed by atoms with E-state index in [1.54, 1.807) is 0 Å². The fourth-order valence-corrected chi connectivity index (χ4v) is 2.19. The van der Waals surface area contributed by atoms with E-state index in [1.807, 2.05) is 12.1 Å². The highest BCUT2D eigenvalue weighted by Crippen LogP contribution is 2.34. The fourth-order valence-electron chi connectivity index (χ4n) is 1.96. The lowest BCUT2D eigenvalue weighted by Gasteiger charge is -2.09. The third kappa shape index (κ3) is 1.87. The molecule has 4 heteroatoms. The highest BCUT2D eigenvalue weighted by atomic mass is 35.5. The summed E-state index contributed by atoms with van der Waals surface area (Å²) < 4.78 is 0. The Morgan fingerprint density at radius 1 is 1.44 bits per heavy atom. The van der Waals surface area contributed by atoms with E-state index in [1.165, 1.54) is 12.8 Å². The lowest BCUT2D eigenvalue weighted by Crippen LogP contribution is -2.04. The Hall–Kier alpha value is -1.22. The van der Waals surface area contributed by atoms with Gasteiger partial charge in [-0.3, -0.25) is 4.79 Å². The van der Waals surface area contributed by atoms with Crippen LogP contribution in [-0.4, -0.2) is 12.5 Å². The maximum absolute atomic E-state index is 11.2. The lowest BCUT2D eigenvalue weighted by atomic mass is 10.1. The van der Waals surface area contributed by atoms with Gasteiger partial charge in [-0.1, -0.05) is 11.6 Å². The van der Waals surface area contributed by atoms with E-state index in [4.69, 9.17) is 11.6 Å². The average Bonchev–Trinajstić information content (AvgIpc) is 2.98. The Kier molecular flexibility index (Phi) is 2.28. The Morgan fingerprint density at radius 3 is 3.00 bits per heavy atom. The van der Waals surface area contributed by atoms with Gasteiger partial charge < -0.3 is 10.6 Å². The molecule has 1 aliphatic heterocycles. The molecule has 0 radical (unpaired) electrons. The van der Waals surface area contributed by atoms with Gasteiger partial charge in [-0.25, -0.2) is 0 Å². The van der Waals surface area contributed by atoms with E-state index < -0.39 is 0 Å². The second-order valence-corrected chi connectivity index (χ2v) is 4.95. The number of benzene rings is 1. The summed E-state index contributed by atoms with van der Waals surface area (Å²) in [6.07, 6.45) is 3.09. The minimum Gasteiger partial charge on any atom is -0.384 e. The van der Waals surface area contributed by atoms with Gasteiger partial charge in [-0.05, 0) is 36.5 Å². The number of rotatable bonds is 3. The van der Waals surface area contributed by atoms with Crippen molar-refractivity contribution in [2.45, 2.75) is 19.3 Å². The van der Waals surface area contributed by atoms with Crippen LogP contribution >= 0.6 is 11.6 Å². The number of carbonyl (C=O) groups excluding carboxylic acids is 1. The molecular formula is C12H13ClN2O. The largest absolute Gasteiger partial charge is 0.384 e. The molecular weight excluding hydrogens is 224 g/mol. The lowest BCUT2D eigenvalue weighted by molar-refractivity contribution is -0.115. The van der Waals surface area contributed by atoms with E-state index in [-0.39, 0.29) is 5.91 Å². The Balaban J connectivity index is 1.82. The second kappa shape index (κ2) is 3.67. The van der Waals surface area contributed by atoms with Gasteiger partial charge in [0.2, 0.25) is 5.91 Å². The van der Waals surface area contributed by atoms with Crippen molar-refractivity contribution < 1.29 is 4.79 Å².